The molecule has 10 heteroatoms. The highest BCUT2D eigenvalue weighted by Gasteiger charge is 2.49. The molecule has 0 saturated carbocycles. The number of hydrogen-bond acceptors (Lipinski definition) is 2. The summed E-state index contributed by atoms with van der Waals surface area (Å²) in [7, 11) is 0. The van der Waals surface area contributed by atoms with Gasteiger partial charge < -0.3 is 0 Å². The normalized spacial score (nSPS) is 13.0. The number of hydrogen-bond donors (Lipinski definition) is 0. The summed E-state index contributed by atoms with van der Waals surface area (Å²) in [5.41, 5.74) is 0. The maximum absolute atomic E-state index is 12.8. The van der Waals surface area contributed by atoms with E-state index in [-0.39, 0.29) is 0 Å². The molecule has 1 heterocycles. The van der Waals surface area contributed by atoms with E-state index in [1.165, 1.54) is 0 Å². The molecule has 0 aromatic carbocycles. The van der Waals surface area contributed by atoms with Crippen LogP contribution >= 0.6 is 0 Å². The fraction of sp³-hybridized carbons (Fsp3) is 0.500. The summed E-state index contributed by atoms with van der Waals surface area (Å²) < 4.78 is 85.1. The summed E-state index contributed by atoms with van der Waals surface area (Å²) in [6, 6.07) is 0. The van der Waals surface area contributed by atoms with Gasteiger partial charge in [-0.15, -0.1) is 0 Å². The summed E-state index contributed by atoms with van der Waals surface area (Å²) in [4.78, 5) is 3.63. The average molecular weight is 250 g/mol. The molecule has 0 spiro atoms. The first-order valence-corrected chi connectivity index (χ1v) is 3.64. The Hall–Kier alpha value is -1.48. The summed E-state index contributed by atoms with van der Waals surface area (Å²) in [6.45, 7) is 0.659. The predicted octanol–water partition coefficient (Wildman–Crippen LogP) is 1.84. The Morgan fingerprint density at radius 3 is 1.81 bits per heavy atom. The van der Waals surface area contributed by atoms with Crippen molar-refractivity contribution in [2.45, 2.75) is 19.3 Å². The zero-order valence-electron chi connectivity index (χ0n) is 7.49. The van der Waals surface area contributed by atoms with E-state index in [4.69, 9.17) is 0 Å². The van der Waals surface area contributed by atoms with Crippen LogP contribution in [0.3, 0.4) is 0 Å². The van der Waals surface area contributed by atoms with Crippen molar-refractivity contribution in [1.82, 2.24) is 9.97 Å². The first-order chi connectivity index (χ1) is 7.03. The zero-order chi connectivity index (χ0) is 12.7. The molecule has 0 fully saturated rings. The van der Waals surface area contributed by atoms with Gasteiger partial charge in [0.25, 0.3) is 5.82 Å². The second-order valence-electron chi connectivity index (χ2n) is 2.69. The molecule has 0 saturated heterocycles. The molecule has 0 aliphatic carbocycles. The van der Waals surface area contributed by atoms with Crippen molar-refractivity contribution in [2.75, 3.05) is 0 Å². The molecule has 16 heavy (non-hydrogen) atoms. The minimum Gasteiger partial charge on any atom is -0.161 e. The van der Waals surface area contributed by atoms with E-state index in [9.17, 15) is 30.8 Å². The number of halogens is 7. The first-order valence-electron chi connectivity index (χ1n) is 3.64. The van der Waals surface area contributed by atoms with Crippen LogP contribution in [0, 0.1) is 6.92 Å². The second-order valence-corrected chi connectivity index (χ2v) is 2.69. The largest absolute Gasteiger partial charge is 0.485 e. The SMILES string of the molecule is Cc1nc(C(F)(F)F)nc(C(F)(F)F)[n+]1F. The van der Waals surface area contributed by atoms with Crippen molar-refractivity contribution >= 4 is 0 Å². The minimum absolute atomic E-state index is 0.659. The molecule has 1 aromatic heterocycles. The molecule has 0 radical (unpaired) electrons. The number of aromatic nitrogens is 3. The summed E-state index contributed by atoms with van der Waals surface area (Å²) in [5, 5.41) is 0. The lowest BCUT2D eigenvalue weighted by Gasteiger charge is -2.04. The molecule has 1 aromatic rings. The molecule has 0 atom stereocenters. The zero-order valence-corrected chi connectivity index (χ0v) is 7.49. The Labute approximate surface area is 83.5 Å². The molecule has 0 amide bonds. The van der Waals surface area contributed by atoms with Gasteiger partial charge in [-0.2, -0.15) is 26.3 Å². The Bertz CT molecular complexity index is 408. The highest BCUT2D eigenvalue weighted by atomic mass is 19.4. The topological polar surface area (TPSA) is 29.7 Å². The van der Waals surface area contributed by atoms with E-state index in [1.807, 2.05) is 0 Å². The highest BCUT2D eigenvalue weighted by molar-refractivity contribution is 4.95. The standard InChI is InChI=1S/C6H3F7N3/c1-2-14-3(5(7,8)9)15-4(16(2)13)6(10,11)12/h1H3/q+1. The van der Waals surface area contributed by atoms with Gasteiger partial charge in [0, 0.05) is 6.92 Å². The molecule has 1 rings (SSSR count). The van der Waals surface area contributed by atoms with Crippen LogP contribution in [0.1, 0.15) is 17.5 Å². The molecular weight excluding hydrogens is 247 g/mol. The van der Waals surface area contributed by atoms with Crippen LogP contribution in [0.25, 0.3) is 0 Å². The fourth-order valence-corrected chi connectivity index (χ4v) is 0.821. The van der Waals surface area contributed by atoms with Crippen LogP contribution in [-0.2, 0) is 12.4 Å². The van der Waals surface area contributed by atoms with Crippen molar-refractivity contribution in [2.24, 2.45) is 0 Å². The maximum atomic E-state index is 12.8. The summed E-state index contributed by atoms with van der Waals surface area (Å²) in [5.74, 6) is -5.42. The second kappa shape index (κ2) is 3.52. The van der Waals surface area contributed by atoms with E-state index in [2.05, 4.69) is 9.97 Å². The number of alkyl halides is 6. The quantitative estimate of drug-likeness (QED) is 0.657. The van der Waals surface area contributed by atoms with Crippen molar-refractivity contribution in [3.63, 3.8) is 0 Å². The van der Waals surface area contributed by atoms with Crippen LogP contribution < -0.4 is 4.79 Å². The van der Waals surface area contributed by atoms with Gasteiger partial charge in [-0.1, -0.05) is 9.97 Å². The molecular formula is C6H3F7N3+. The van der Waals surface area contributed by atoms with Gasteiger partial charge in [0.15, 0.2) is 0 Å². The predicted molar refractivity (Wildman–Crippen MR) is 33.5 cm³/mol. The Morgan fingerprint density at radius 1 is 0.938 bits per heavy atom. The maximum Gasteiger partial charge on any atom is 0.485 e. The monoisotopic (exact) mass is 250 g/mol. The lowest BCUT2D eigenvalue weighted by molar-refractivity contribution is -0.865. The Balaban J connectivity index is 3.46. The van der Waals surface area contributed by atoms with Gasteiger partial charge in [0.2, 0.25) is 0 Å². The van der Waals surface area contributed by atoms with Gasteiger partial charge >= 0.3 is 24.0 Å². The Morgan fingerprint density at radius 2 is 1.44 bits per heavy atom. The molecule has 0 unspecified atom stereocenters. The molecule has 3 nitrogen and oxygen atoms in total. The number of nitrogens with zero attached hydrogens (tertiary/aromatic N) is 3. The average Bonchev–Trinajstić information content (AvgIpc) is 2.05. The van der Waals surface area contributed by atoms with Crippen molar-refractivity contribution < 1.29 is 35.6 Å². The van der Waals surface area contributed by atoms with Crippen molar-refractivity contribution in [3.05, 3.63) is 17.5 Å². The third-order valence-corrected chi connectivity index (χ3v) is 1.46. The van der Waals surface area contributed by atoms with Crippen LogP contribution in [0.15, 0.2) is 0 Å². The third-order valence-electron chi connectivity index (χ3n) is 1.46. The minimum atomic E-state index is -5.33. The Kier molecular flexibility index (Phi) is 2.77. The summed E-state index contributed by atoms with van der Waals surface area (Å²) >= 11 is 0. The molecule has 0 bridgehead atoms. The van der Waals surface area contributed by atoms with Gasteiger partial charge in [0.05, 0.1) is 0 Å². The van der Waals surface area contributed by atoms with Gasteiger partial charge in [-0.05, 0) is 9.27 Å². The van der Waals surface area contributed by atoms with Crippen LogP contribution in [0.5, 0.6) is 0 Å². The van der Waals surface area contributed by atoms with Gasteiger partial charge in [-0.3, -0.25) is 0 Å². The van der Waals surface area contributed by atoms with Crippen LogP contribution in [-0.4, -0.2) is 9.97 Å². The molecule has 0 N–H and O–H groups in total. The van der Waals surface area contributed by atoms with E-state index in [0.717, 1.165) is 0 Å². The van der Waals surface area contributed by atoms with Gasteiger partial charge in [0.1, 0.15) is 0 Å². The first kappa shape index (κ1) is 12.6. The number of aryl methyl sites for hydroxylation is 1. The van der Waals surface area contributed by atoms with Crippen molar-refractivity contribution in [3.8, 4) is 0 Å². The van der Waals surface area contributed by atoms with E-state index in [1.54, 1.807) is 0 Å². The van der Waals surface area contributed by atoms with Crippen molar-refractivity contribution in [1.29, 1.82) is 0 Å². The molecule has 0 aliphatic rings. The highest BCUT2D eigenvalue weighted by Crippen LogP contribution is 2.29. The third kappa shape index (κ3) is 2.36. The van der Waals surface area contributed by atoms with Crippen LogP contribution in [0.2, 0.25) is 0 Å². The lowest BCUT2D eigenvalue weighted by atomic mass is 10.5. The lowest BCUT2D eigenvalue weighted by Crippen LogP contribution is -2.41. The van der Waals surface area contributed by atoms with E-state index in [0.29, 0.717) is 6.92 Å². The van der Waals surface area contributed by atoms with Gasteiger partial charge in [-0.25, -0.2) is 0 Å². The molecule has 90 valence electrons. The summed E-state index contributed by atoms with van der Waals surface area (Å²) in [6.07, 6.45) is -10.5. The van der Waals surface area contributed by atoms with Crippen LogP contribution in [0.4, 0.5) is 30.8 Å². The number of rotatable bonds is 0. The van der Waals surface area contributed by atoms with E-state index < -0.39 is 34.6 Å². The van der Waals surface area contributed by atoms with E-state index >= 15 is 0 Å². The fourth-order valence-electron chi connectivity index (χ4n) is 0.821. The smallest absolute Gasteiger partial charge is 0.161 e. The molecule has 0 aliphatic heterocycles.